The zero-order valence-electron chi connectivity index (χ0n) is 10.7. The predicted octanol–water partition coefficient (Wildman–Crippen LogP) is 3.99. The summed E-state index contributed by atoms with van der Waals surface area (Å²) in [4.78, 5) is 12.1. The van der Waals surface area contributed by atoms with E-state index in [1.165, 1.54) is 32.1 Å². The molecule has 1 aliphatic rings. The summed E-state index contributed by atoms with van der Waals surface area (Å²) in [6, 6.07) is 3.56. The Morgan fingerprint density at radius 3 is 2.35 bits per heavy atom. The monoisotopic (exact) mass is 237 g/mol. The molecule has 0 N–H and O–H groups in total. The Balaban J connectivity index is 0.000000239. The Bertz CT molecular complexity index is 271. The van der Waals surface area contributed by atoms with E-state index in [2.05, 4.69) is 6.92 Å². The number of furan rings is 1. The van der Waals surface area contributed by atoms with Crippen molar-refractivity contribution in [2.75, 3.05) is 11.4 Å². The van der Waals surface area contributed by atoms with Gasteiger partial charge in [-0.3, -0.25) is 9.69 Å². The molecule has 1 aromatic rings. The molecule has 2 rings (SSSR count). The van der Waals surface area contributed by atoms with Crippen molar-refractivity contribution in [3.05, 3.63) is 18.4 Å². The first kappa shape index (κ1) is 13.8. The smallest absolute Gasteiger partial charge is 0.216 e. The summed E-state index contributed by atoms with van der Waals surface area (Å²) in [6.45, 7) is 2.82. The molecular formula is C14H23NO2. The second kappa shape index (κ2) is 8.85. The molecule has 0 aromatic carbocycles. The van der Waals surface area contributed by atoms with E-state index in [1.54, 1.807) is 23.3 Å². The van der Waals surface area contributed by atoms with Crippen molar-refractivity contribution in [2.45, 2.75) is 51.9 Å². The number of nitrogens with zero attached hydrogens (tertiary/aromatic N) is 1. The van der Waals surface area contributed by atoms with Crippen LogP contribution in [0.15, 0.2) is 22.8 Å². The second-order valence-electron chi connectivity index (χ2n) is 4.37. The van der Waals surface area contributed by atoms with Gasteiger partial charge in [0.1, 0.15) is 0 Å². The number of anilines is 1. The number of hydrogen-bond acceptors (Lipinski definition) is 2. The lowest BCUT2D eigenvalue weighted by Crippen LogP contribution is -2.21. The molecule has 0 aliphatic heterocycles. The van der Waals surface area contributed by atoms with Crippen LogP contribution in [-0.4, -0.2) is 13.0 Å². The highest BCUT2D eigenvalue weighted by Crippen LogP contribution is 2.15. The predicted molar refractivity (Wildman–Crippen MR) is 70.1 cm³/mol. The molecule has 0 radical (unpaired) electrons. The fraction of sp³-hybridized carbons (Fsp3) is 0.643. The third kappa shape index (κ3) is 5.57. The molecular weight excluding hydrogens is 214 g/mol. The van der Waals surface area contributed by atoms with E-state index < -0.39 is 0 Å². The number of carbonyl (C=O) groups excluding carboxylic acids is 1. The number of amides is 1. The van der Waals surface area contributed by atoms with E-state index in [1.807, 2.05) is 0 Å². The Morgan fingerprint density at radius 2 is 1.94 bits per heavy atom. The Hall–Kier alpha value is -1.25. The second-order valence-corrected chi connectivity index (χ2v) is 4.37. The number of hydrogen-bond donors (Lipinski definition) is 0. The van der Waals surface area contributed by atoms with Crippen LogP contribution in [-0.2, 0) is 4.79 Å². The van der Waals surface area contributed by atoms with E-state index in [0.29, 0.717) is 5.88 Å². The molecule has 0 spiro atoms. The van der Waals surface area contributed by atoms with Gasteiger partial charge in [0.25, 0.3) is 0 Å². The molecule has 17 heavy (non-hydrogen) atoms. The van der Waals surface area contributed by atoms with Crippen LogP contribution in [0, 0.1) is 0 Å². The standard InChI is InChI=1S/C9H13NO2.C5H10/c1-2-3-6-10(8-11)9-5-4-7-12-9;1-2-4-5-3-1/h4-5,7-8H,2-3,6H2,1H3;1-5H2. The Morgan fingerprint density at radius 1 is 1.29 bits per heavy atom. The molecule has 3 nitrogen and oxygen atoms in total. The summed E-state index contributed by atoms with van der Waals surface area (Å²) in [5.41, 5.74) is 0. The molecule has 0 unspecified atom stereocenters. The van der Waals surface area contributed by atoms with Gasteiger partial charge >= 0.3 is 0 Å². The first-order valence-corrected chi connectivity index (χ1v) is 6.64. The average molecular weight is 237 g/mol. The van der Waals surface area contributed by atoms with Gasteiger partial charge in [-0.15, -0.1) is 0 Å². The summed E-state index contributed by atoms with van der Waals surface area (Å²) >= 11 is 0. The van der Waals surface area contributed by atoms with E-state index in [0.717, 1.165) is 25.8 Å². The molecule has 1 heterocycles. The molecule has 1 saturated carbocycles. The van der Waals surface area contributed by atoms with Gasteiger partial charge in [0, 0.05) is 12.6 Å². The van der Waals surface area contributed by atoms with Gasteiger partial charge in [0.2, 0.25) is 12.3 Å². The van der Waals surface area contributed by atoms with E-state index in [9.17, 15) is 4.79 Å². The minimum atomic E-state index is 0.624. The maximum Gasteiger partial charge on any atom is 0.216 e. The Labute approximate surface area is 104 Å². The molecule has 1 fully saturated rings. The van der Waals surface area contributed by atoms with Crippen LogP contribution in [0.2, 0.25) is 0 Å². The molecule has 1 aromatic heterocycles. The molecule has 1 amide bonds. The first-order valence-electron chi connectivity index (χ1n) is 6.64. The van der Waals surface area contributed by atoms with Crippen molar-refractivity contribution in [1.82, 2.24) is 0 Å². The van der Waals surface area contributed by atoms with Crippen molar-refractivity contribution in [3.63, 3.8) is 0 Å². The third-order valence-electron chi connectivity index (χ3n) is 2.92. The highest BCUT2D eigenvalue weighted by Gasteiger charge is 2.05. The van der Waals surface area contributed by atoms with Crippen LogP contribution in [0.1, 0.15) is 51.9 Å². The van der Waals surface area contributed by atoms with Gasteiger partial charge in [-0.2, -0.15) is 0 Å². The van der Waals surface area contributed by atoms with Crippen molar-refractivity contribution >= 4 is 12.3 Å². The topological polar surface area (TPSA) is 33.5 Å². The largest absolute Gasteiger partial charge is 0.448 e. The first-order chi connectivity index (χ1) is 8.38. The highest BCUT2D eigenvalue weighted by atomic mass is 16.3. The minimum absolute atomic E-state index is 0.624. The van der Waals surface area contributed by atoms with Gasteiger partial charge in [-0.05, 0) is 12.5 Å². The third-order valence-corrected chi connectivity index (χ3v) is 2.92. The summed E-state index contributed by atoms with van der Waals surface area (Å²) in [5.74, 6) is 0.624. The van der Waals surface area contributed by atoms with Gasteiger partial charge in [0.05, 0.1) is 6.26 Å². The zero-order valence-corrected chi connectivity index (χ0v) is 10.7. The lowest BCUT2D eigenvalue weighted by Gasteiger charge is -2.12. The molecule has 96 valence electrons. The van der Waals surface area contributed by atoms with Crippen LogP contribution in [0.4, 0.5) is 5.88 Å². The van der Waals surface area contributed by atoms with Crippen LogP contribution in [0.25, 0.3) is 0 Å². The summed E-state index contributed by atoms with van der Waals surface area (Å²) in [5, 5.41) is 0. The molecule has 0 atom stereocenters. The van der Waals surface area contributed by atoms with E-state index in [4.69, 9.17) is 4.42 Å². The molecule has 0 bridgehead atoms. The van der Waals surface area contributed by atoms with Gasteiger partial charge in [0.15, 0.2) is 0 Å². The fourth-order valence-corrected chi connectivity index (χ4v) is 1.86. The van der Waals surface area contributed by atoms with Crippen molar-refractivity contribution < 1.29 is 9.21 Å². The summed E-state index contributed by atoms with van der Waals surface area (Å²) in [6.07, 6.45) is 11.9. The van der Waals surface area contributed by atoms with Crippen molar-refractivity contribution in [3.8, 4) is 0 Å². The van der Waals surface area contributed by atoms with Gasteiger partial charge < -0.3 is 4.42 Å². The van der Waals surface area contributed by atoms with Crippen molar-refractivity contribution in [2.24, 2.45) is 0 Å². The van der Waals surface area contributed by atoms with Gasteiger partial charge in [-0.1, -0.05) is 45.4 Å². The molecule has 1 aliphatic carbocycles. The van der Waals surface area contributed by atoms with E-state index in [-0.39, 0.29) is 0 Å². The quantitative estimate of drug-likeness (QED) is 0.725. The minimum Gasteiger partial charge on any atom is -0.448 e. The Kier molecular flexibility index (Phi) is 7.19. The number of carbonyl (C=O) groups is 1. The average Bonchev–Trinajstić information content (AvgIpc) is 3.06. The maximum absolute atomic E-state index is 10.6. The van der Waals surface area contributed by atoms with Gasteiger partial charge in [-0.25, -0.2) is 0 Å². The molecule has 0 saturated heterocycles. The lowest BCUT2D eigenvalue weighted by molar-refractivity contribution is -0.107. The van der Waals surface area contributed by atoms with Crippen LogP contribution in [0.5, 0.6) is 0 Å². The summed E-state index contributed by atoms with van der Waals surface area (Å²) in [7, 11) is 0. The number of unbranched alkanes of at least 4 members (excludes halogenated alkanes) is 1. The maximum atomic E-state index is 10.6. The van der Waals surface area contributed by atoms with Crippen LogP contribution >= 0.6 is 0 Å². The normalized spacial score (nSPS) is 13.9. The highest BCUT2D eigenvalue weighted by molar-refractivity contribution is 5.71. The fourth-order valence-electron chi connectivity index (χ4n) is 1.86. The SMILES string of the molecule is C1CCCC1.CCCCN(C=O)c1ccco1. The molecule has 3 heteroatoms. The van der Waals surface area contributed by atoms with Crippen molar-refractivity contribution in [1.29, 1.82) is 0 Å². The van der Waals surface area contributed by atoms with E-state index >= 15 is 0 Å². The van der Waals surface area contributed by atoms with Crippen LogP contribution < -0.4 is 4.90 Å². The number of rotatable bonds is 5. The van der Waals surface area contributed by atoms with Crippen LogP contribution in [0.3, 0.4) is 0 Å². The summed E-state index contributed by atoms with van der Waals surface area (Å²) < 4.78 is 5.08. The zero-order chi connectivity index (χ0) is 12.3. The lowest BCUT2D eigenvalue weighted by atomic mass is 10.3.